The number of sulfonamides is 1. The minimum Gasteiger partial charge on any atom is -0.207 e. The highest BCUT2D eigenvalue weighted by atomic mass is 32.2. The van der Waals surface area contributed by atoms with Crippen molar-refractivity contribution in [3.05, 3.63) is 65.7 Å². The van der Waals surface area contributed by atoms with Crippen LogP contribution in [0.4, 0.5) is 13.2 Å². The van der Waals surface area contributed by atoms with Crippen molar-refractivity contribution >= 4 is 10.0 Å². The highest BCUT2D eigenvalue weighted by Gasteiger charge is 2.41. The Kier molecular flexibility index (Phi) is 5.66. The number of benzene rings is 2. The van der Waals surface area contributed by atoms with Crippen molar-refractivity contribution in [3.8, 4) is 0 Å². The maximum atomic E-state index is 13.2. The Balaban J connectivity index is 2.15. The van der Waals surface area contributed by atoms with Gasteiger partial charge in [-0.1, -0.05) is 48.0 Å². The van der Waals surface area contributed by atoms with Crippen LogP contribution in [0.25, 0.3) is 0 Å². The van der Waals surface area contributed by atoms with Gasteiger partial charge >= 0.3 is 6.18 Å². The first-order valence-corrected chi connectivity index (χ1v) is 8.86. The summed E-state index contributed by atoms with van der Waals surface area (Å²) in [7, 11) is -4.23. The summed E-state index contributed by atoms with van der Waals surface area (Å²) in [5, 5.41) is 0. The Bertz CT molecular complexity index is 757. The van der Waals surface area contributed by atoms with Gasteiger partial charge in [0.2, 0.25) is 10.0 Å². The molecule has 0 radical (unpaired) electrons. The van der Waals surface area contributed by atoms with Gasteiger partial charge in [-0.3, -0.25) is 0 Å². The van der Waals surface area contributed by atoms with Gasteiger partial charge in [-0.15, -0.1) is 0 Å². The smallest absolute Gasteiger partial charge is 0.207 e. The molecule has 24 heavy (non-hydrogen) atoms. The average Bonchev–Trinajstić information content (AvgIpc) is 2.52. The topological polar surface area (TPSA) is 46.2 Å². The molecule has 2 rings (SSSR count). The largest absolute Gasteiger partial charge is 0.404 e. The number of nitrogens with one attached hydrogen (secondary N) is 1. The molecule has 0 aliphatic heterocycles. The highest BCUT2D eigenvalue weighted by Crippen LogP contribution is 2.25. The number of alkyl halides is 3. The minimum absolute atomic E-state index is 0.126. The second-order valence-corrected chi connectivity index (χ2v) is 7.27. The lowest BCUT2D eigenvalue weighted by Gasteiger charge is -2.21. The molecule has 130 valence electrons. The van der Waals surface area contributed by atoms with Gasteiger partial charge in [0, 0.05) is 0 Å². The summed E-state index contributed by atoms with van der Waals surface area (Å²) in [5.41, 5.74) is 1.55. The minimum atomic E-state index is -4.66. The second-order valence-electron chi connectivity index (χ2n) is 5.55. The molecule has 0 aliphatic rings. The van der Waals surface area contributed by atoms with Crippen LogP contribution in [-0.4, -0.2) is 20.6 Å². The lowest BCUT2D eigenvalue weighted by molar-refractivity contribution is -0.152. The maximum absolute atomic E-state index is 13.2. The number of aryl methyl sites for hydroxylation is 2. The summed E-state index contributed by atoms with van der Waals surface area (Å²) in [6.45, 7) is 1.77. The number of hydrogen-bond donors (Lipinski definition) is 1. The van der Waals surface area contributed by atoms with Crippen molar-refractivity contribution in [2.24, 2.45) is 0 Å². The Morgan fingerprint density at radius 2 is 1.58 bits per heavy atom. The van der Waals surface area contributed by atoms with E-state index in [9.17, 15) is 21.6 Å². The Morgan fingerprint density at radius 1 is 1.00 bits per heavy atom. The monoisotopic (exact) mass is 357 g/mol. The van der Waals surface area contributed by atoms with Gasteiger partial charge in [-0.2, -0.15) is 17.9 Å². The van der Waals surface area contributed by atoms with Crippen molar-refractivity contribution in [2.75, 3.05) is 0 Å². The number of rotatable bonds is 6. The molecule has 3 nitrogen and oxygen atoms in total. The Hall–Kier alpha value is -1.86. The average molecular weight is 357 g/mol. The third-order valence-corrected chi connectivity index (χ3v) is 5.08. The molecule has 0 aromatic heterocycles. The van der Waals surface area contributed by atoms with Gasteiger partial charge < -0.3 is 0 Å². The molecule has 0 spiro atoms. The summed E-state index contributed by atoms with van der Waals surface area (Å²) in [4.78, 5) is -0.179. The van der Waals surface area contributed by atoms with Gasteiger partial charge in [0.25, 0.3) is 0 Å². The van der Waals surface area contributed by atoms with Crippen LogP contribution in [0.5, 0.6) is 0 Å². The summed E-state index contributed by atoms with van der Waals surface area (Å²) in [6.07, 6.45) is -4.90. The zero-order chi connectivity index (χ0) is 17.8. The molecular formula is C17H18F3NO2S. The summed E-state index contributed by atoms with van der Waals surface area (Å²) in [6, 6.07) is 12.2. The molecule has 0 amide bonds. The molecule has 0 bridgehead atoms. The maximum Gasteiger partial charge on any atom is 0.404 e. The van der Waals surface area contributed by atoms with E-state index in [1.807, 2.05) is 0 Å². The van der Waals surface area contributed by atoms with Crippen molar-refractivity contribution in [3.63, 3.8) is 0 Å². The van der Waals surface area contributed by atoms with E-state index in [1.54, 1.807) is 54.1 Å². The first kappa shape index (κ1) is 18.5. The number of halogens is 3. The quantitative estimate of drug-likeness (QED) is 0.854. The SMILES string of the molecule is Cc1ccc(S(=O)(=O)NC(CCc2ccccc2)C(F)(F)F)cc1. The van der Waals surface area contributed by atoms with E-state index < -0.39 is 22.2 Å². The van der Waals surface area contributed by atoms with Gasteiger partial charge in [0.15, 0.2) is 0 Å². The molecule has 1 atom stereocenters. The zero-order valence-electron chi connectivity index (χ0n) is 13.0. The third kappa shape index (κ3) is 5.07. The Morgan fingerprint density at radius 3 is 2.12 bits per heavy atom. The predicted molar refractivity (Wildman–Crippen MR) is 86.1 cm³/mol. The van der Waals surface area contributed by atoms with Crippen LogP contribution in [0.3, 0.4) is 0 Å². The molecule has 0 aliphatic carbocycles. The molecular weight excluding hydrogens is 339 g/mol. The number of hydrogen-bond acceptors (Lipinski definition) is 2. The van der Waals surface area contributed by atoms with Gasteiger partial charge in [-0.25, -0.2) is 8.42 Å². The molecule has 1 N–H and O–H groups in total. The van der Waals surface area contributed by atoms with E-state index in [0.717, 1.165) is 11.1 Å². The van der Waals surface area contributed by atoms with E-state index >= 15 is 0 Å². The lowest BCUT2D eigenvalue weighted by atomic mass is 10.1. The van der Waals surface area contributed by atoms with Crippen LogP contribution in [0.15, 0.2) is 59.5 Å². The van der Waals surface area contributed by atoms with Crippen molar-refractivity contribution in [2.45, 2.75) is 36.9 Å². The van der Waals surface area contributed by atoms with Crippen LogP contribution >= 0.6 is 0 Å². The highest BCUT2D eigenvalue weighted by molar-refractivity contribution is 7.89. The lowest BCUT2D eigenvalue weighted by Crippen LogP contribution is -2.45. The molecule has 2 aromatic carbocycles. The molecule has 2 aromatic rings. The van der Waals surface area contributed by atoms with Crippen molar-refractivity contribution < 1.29 is 21.6 Å². The normalized spacial score (nSPS) is 13.7. The van der Waals surface area contributed by atoms with Crippen LogP contribution in [0.2, 0.25) is 0 Å². The fourth-order valence-corrected chi connectivity index (χ4v) is 3.47. The molecule has 0 heterocycles. The predicted octanol–water partition coefficient (Wildman–Crippen LogP) is 3.84. The fourth-order valence-electron chi connectivity index (χ4n) is 2.22. The van der Waals surface area contributed by atoms with Crippen molar-refractivity contribution in [1.29, 1.82) is 0 Å². The van der Waals surface area contributed by atoms with Gasteiger partial charge in [0.1, 0.15) is 6.04 Å². The summed E-state index contributed by atoms with van der Waals surface area (Å²) >= 11 is 0. The third-order valence-electron chi connectivity index (χ3n) is 3.59. The standard InChI is InChI=1S/C17H18F3NO2S/c1-13-7-10-15(11-8-13)24(22,23)21-16(17(18,19)20)12-9-14-5-3-2-4-6-14/h2-8,10-11,16,21H,9,12H2,1H3. The summed E-state index contributed by atoms with van der Waals surface area (Å²) in [5.74, 6) is 0. The summed E-state index contributed by atoms with van der Waals surface area (Å²) < 4.78 is 65.8. The van der Waals surface area contributed by atoms with E-state index in [-0.39, 0.29) is 17.7 Å². The van der Waals surface area contributed by atoms with Crippen LogP contribution in [0.1, 0.15) is 17.5 Å². The zero-order valence-corrected chi connectivity index (χ0v) is 13.9. The van der Waals surface area contributed by atoms with Crippen LogP contribution in [-0.2, 0) is 16.4 Å². The van der Waals surface area contributed by atoms with E-state index in [0.29, 0.717) is 0 Å². The van der Waals surface area contributed by atoms with Crippen molar-refractivity contribution in [1.82, 2.24) is 4.72 Å². The van der Waals surface area contributed by atoms with E-state index in [1.165, 1.54) is 12.1 Å². The first-order valence-electron chi connectivity index (χ1n) is 7.38. The van der Waals surface area contributed by atoms with Crippen LogP contribution in [0, 0.1) is 6.92 Å². The molecule has 1 unspecified atom stereocenters. The molecule has 7 heteroatoms. The fraction of sp³-hybridized carbons (Fsp3) is 0.294. The molecule has 0 saturated carbocycles. The van der Waals surface area contributed by atoms with E-state index in [4.69, 9.17) is 0 Å². The first-order chi connectivity index (χ1) is 11.2. The second kappa shape index (κ2) is 7.36. The molecule has 0 fully saturated rings. The van der Waals surface area contributed by atoms with Gasteiger partial charge in [-0.05, 0) is 37.5 Å². The molecule has 0 saturated heterocycles. The van der Waals surface area contributed by atoms with Gasteiger partial charge in [0.05, 0.1) is 4.90 Å². The van der Waals surface area contributed by atoms with Crippen LogP contribution < -0.4 is 4.72 Å². The Labute approximate surface area is 139 Å². The van der Waals surface area contributed by atoms with E-state index in [2.05, 4.69) is 0 Å².